The third kappa shape index (κ3) is 7.25. The van der Waals surface area contributed by atoms with Gasteiger partial charge in [0.25, 0.3) is 0 Å². The monoisotopic (exact) mass is 218 g/mol. The molecular weight excluding hydrogens is 196 g/mol. The Morgan fingerprint density at radius 2 is 1.93 bits per heavy atom. The van der Waals surface area contributed by atoms with Crippen LogP contribution >= 0.6 is 11.8 Å². The van der Waals surface area contributed by atoms with E-state index in [0.717, 1.165) is 11.5 Å². The molecule has 0 heterocycles. The Morgan fingerprint density at radius 3 is 2.36 bits per heavy atom. The van der Waals surface area contributed by atoms with Crippen LogP contribution in [0.1, 0.15) is 34.6 Å². The zero-order valence-electron chi connectivity index (χ0n) is 9.92. The molecule has 0 spiro atoms. The summed E-state index contributed by atoms with van der Waals surface area (Å²) in [5.74, 6) is 2.63. The van der Waals surface area contributed by atoms with Gasteiger partial charge in [0.2, 0.25) is 0 Å². The highest BCUT2D eigenvalue weighted by Gasteiger charge is 2.22. The average Bonchev–Trinajstić information content (AvgIpc) is 2.01. The number of carbonyl (C=O) groups is 1. The zero-order chi connectivity index (χ0) is 11.2. The second kappa shape index (κ2) is 6.33. The summed E-state index contributed by atoms with van der Waals surface area (Å²) in [6, 6.07) is 0. The molecule has 2 nitrogen and oxygen atoms in total. The van der Waals surface area contributed by atoms with E-state index in [9.17, 15) is 4.79 Å². The van der Waals surface area contributed by atoms with Gasteiger partial charge in [0.15, 0.2) is 0 Å². The molecule has 0 rings (SSSR count). The van der Waals surface area contributed by atoms with Crippen LogP contribution in [0.5, 0.6) is 0 Å². The Morgan fingerprint density at radius 1 is 1.36 bits per heavy atom. The number of hydrogen-bond acceptors (Lipinski definition) is 3. The van der Waals surface area contributed by atoms with Crippen molar-refractivity contribution in [2.24, 2.45) is 11.3 Å². The Balaban J connectivity index is 3.42. The molecule has 0 aliphatic carbocycles. The van der Waals surface area contributed by atoms with E-state index in [4.69, 9.17) is 4.74 Å². The molecule has 0 aromatic carbocycles. The van der Waals surface area contributed by atoms with Gasteiger partial charge in [0.05, 0.1) is 5.41 Å². The molecule has 3 heteroatoms. The van der Waals surface area contributed by atoms with Crippen molar-refractivity contribution in [1.29, 1.82) is 0 Å². The molecule has 0 N–H and O–H groups in total. The van der Waals surface area contributed by atoms with Crippen LogP contribution in [0.2, 0.25) is 0 Å². The summed E-state index contributed by atoms with van der Waals surface area (Å²) in [6.45, 7) is 10.5. The van der Waals surface area contributed by atoms with Gasteiger partial charge in [-0.05, 0) is 32.4 Å². The van der Waals surface area contributed by atoms with E-state index in [2.05, 4.69) is 13.8 Å². The van der Waals surface area contributed by atoms with Gasteiger partial charge in [-0.15, -0.1) is 0 Å². The SMILES string of the molecule is CC(C)CSCCOC(=O)C(C)(C)C. The van der Waals surface area contributed by atoms with E-state index < -0.39 is 0 Å². The first-order valence-electron chi connectivity index (χ1n) is 5.09. The van der Waals surface area contributed by atoms with Crippen molar-refractivity contribution < 1.29 is 9.53 Å². The number of rotatable bonds is 5. The summed E-state index contributed by atoms with van der Waals surface area (Å²) < 4.78 is 5.13. The van der Waals surface area contributed by atoms with Crippen LogP contribution in [0.4, 0.5) is 0 Å². The Labute approximate surface area is 91.8 Å². The molecule has 0 fully saturated rings. The summed E-state index contributed by atoms with van der Waals surface area (Å²) in [4.78, 5) is 11.3. The van der Waals surface area contributed by atoms with Gasteiger partial charge >= 0.3 is 5.97 Å². The van der Waals surface area contributed by atoms with E-state index >= 15 is 0 Å². The Kier molecular flexibility index (Phi) is 6.25. The van der Waals surface area contributed by atoms with E-state index in [1.54, 1.807) is 0 Å². The lowest BCUT2D eigenvalue weighted by molar-refractivity contribution is -0.152. The van der Waals surface area contributed by atoms with Gasteiger partial charge in [-0.25, -0.2) is 0 Å². The maximum atomic E-state index is 11.3. The van der Waals surface area contributed by atoms with Gasteiger partial charge in [-0.1, -0.05) is 13.8 Å². The zero-order valence-corrected chi connectivity index (χ0v) is 10.7. The lowest BCUT2D eigenvalue weighted by atomic mass is 9.97. The number of thioether (sulfide) groups is 1. The van der Waals surface area contributed by atoms with Crippen LogP contribution in [-0.2, 0) is 9.53 Å². The lowest BCUT2D eigenvalue weighted by Crippen LogP contribution is -2.23. The third-order valence-corrected chi connectivity index (χ3v) is 2.88. The summed E-state index contributed by atoms with van der Waals surface area (Å²) in [6.07, 6.45) is 0. The van der Waals surface area contributed by atoms with Gasteiger partial charge < -0.3 is 4.74 Å². The van der Waals surface area contributed by atoms with Crippen LogP contribution in [-0.4, -0.2) is 24.1 Å². The minimum Gasteiger partial charge on any atom is -0.464 e. The molecule has 0 radical (unpaired) electrons. The van der Waals surface area contributed by atoms with Gasteiger partial charge in [0.1, 0.15) is 6.61 Å². The molecule has 0 atom stereocenters. The van der Waals surface area contributed by atoms with Crippen molar-refractivity contribution in [1.82, 2.24) is 0 Å². The van der Waals surface area contributed by atoms with Crippen molar-refractivity contribution in [3.8, 4) is 0 Å². The second-order valence-corrected chi connectivity index (χ2v) is 6.00. The predicted octanol–water partition coefficient (Wildman–Crippen LogP) is 2.96. The number of carbonyl (C=O) groups excluding carboxylic acids is 1. The lowest BCUT2D eigenvalue weighted by Gasteiger charge is -2.16. The van der Waals surface area contributed by atoms with Gasteiger partial charge in [0, 0.05) is 5.75 Å². The summed E-state index contributed by atoms with van der Waals surface area (Å²) >= 11 is 1.84. The summed E-state index contributed by atoms with van der Waals surface area (Å²) in [7, 11) is 0. The Bertz CT molecular complexity index is 171. The fraction of sp³-hybridized carbons (Fsp3) is 0.909. The smallest absolute Gasteiger partial charge is 0.311 e. The van der Waals surface area contributed by atoms with Crippen molar-refractivity contribution in [2.45, 2.75) is 34.6 Å². The minimum atomic E-state index is -0.372. The normalized spacial score (nSPS) is 11.9. The van der Waals surface area contributed by atoms with Gasteiger partial charge in [-0.2, -0.15) is 11.8 Å². The minimum absolute atomic E-state index is 0.109. The van der Waals surface area contributed by atoms with E-state index in [1.807, 2.05) is 32.5 Å². The highest BCUT2D eigenvalue weighted by atomic mass is 32.2. The fourth-order valence-corrected chi connectivity index (χ4v) is 1.57. The van der Waals surface area contributed by atoms with E-state index in [0.29, 0.717) is 12.5 Å². The van der Waals surface area contributed by atoms with Crippen molar-refractivity contribution in [3.63, 3.8) is 0 Å². The highest BCUT2D eigenvalue weighted by Crippen LogP contribution is 2.15. The average molecular weight is 218 g/mol. The van der Waals surface area contributed by atoms with Crippen molar-refractivity contribution in [3.05, 3.63) is 0 Å². The van der Waals surface area contributed by atoms with Crippen LogP contribution in [0.3, 0.4) is 0 Å². The predicted molar refractivity (Wildman–Crippen MR) is 62.6 cm³/mol. The molecule has 0 bridgehead atoms. The quantitative estimate of drug-likeness (QED) is 0.524. The molecule has 0 saturated carbocycles. The maximum absolute atomic E-state index is 11.3. The molecular formula is C11H22O2S. The van der Waals surface area contributed by atoms with Gasteiger partial charge in [-0.3, -0.25) is 4.79 Å². The largest absolute Gasteiger partial charge is 0.464 e. The van der Waals surface area contributed by atoms with Crippen molar-refractivity contribution in [2.75, 3.05) is 18.1 Å². The first-order chi connectivity index (χ1) is 6.34. The van der Waals surface area contributed by atoms with E-state index in [-0.39, 0.29) is 11.4 Å². The number of hydrogen-bond donors (Lipinski definition) is 0. The molecule has 0 aromatic rings. The van der Waals surface area contributed by atoms with Crippen LogP contribution in [0.15, 0.2) is 0 Å². The molecule has 0 aromatic heterocycles. The molecule has 0 amide bonds. The van der Waals surface area contributed by atoms with Crippen LogP contribution in [0, 0.1) is 11.3 Å². The fourth-order valence-electron chi connectivity index (χ4n) is 0.729. The number of ether oxygens (including phenoxy) is 1. The summed E-state index contributed by atoms with van der Waals surface area (Å²) in [5.41, 5.74) is -0.372. The molecule has 14 heavy (non-hydrogen) atoms. The maximum Gasteiger partial charge on any atom is 0.311 e. The first-order valence-corrected chi connectivity index (χ1v) is 6.24. The topological polar surface area (TPSA) is 26.3 Å². The standard InChI is InChI=1S/C11H22O2S/c1-9(2)8-14-7-6-13-10(12)11(3,4)5/h9H,6-8H2,1-5H3. The molecule has 0 aliphatic heterocycles. The third-order valence-electron chi connectivity index (χ3n) is 1.52. The van der Waals surface area contributed by atoms with Crippen LogP contribution < -0.4 is 0 Å². The first kappa shape index (κ1) is 13.8. The molecule has 84 valence electrons. The van der Waals surface area contributed by atoms with Crippen LogP contribution in [0.25, 0.3) is 0 Å². The highest BCUT2D eigenvalue weighted by molar-refractivity contribution is 7.99. The second-order valence-electron chi connectivity index (χ2n) is 4.85. The molecule has 0 aliphatic rings. The van der Waals surface area contributed by atoms with Crippen molar-refractivity contribution >= 4 is 17.7 Å². The molecule has 0 saturated heterocycles. The Hall–Kier alpha value is -0.180. The number of esters is 1. The molecule has 0 unspecified atom stereocenters. The van der Waals surface area contributed by atoms with E-state index in [1.165, 1.54) is 0 Å². The summed E-state index contributed by atoms with van der Waals surface area (Å²) in [5, 5.41) is 0.